The molecule has 2 heterocycles. The molecule has 2 N–H and O–H groups in total. The van der Waals surface area contributed by atoms with E-state index >= 15 is 0 Å². The quantitative estimate of drug-likeness (QED) is 0.839. The fourth-order valence-corrected chi connectivity index (χ4v) is 2.97. The molecule has 0 spiro atoms. The number of anilines is 1. The summed E-state index contributed by atoms with van der Waals surface area (Å²) in [7, 11) is 0. The van der Waals surface area contributed by atoms with Crippen molar-refractivity contribution in [1.29, 1.82) is 0 Å². The van der Waals surface area contributed by atoms with Gasteiger partial charge in [0.15, 0.2) is 0 Å². The van der Waals surface area contributed by atoms with Crippen LogP contribution < -0.4 is 10.6 Å². The summed E-state index contributed by atoms with van der Waals surface area (Å²) in [6.45, 7) is 2.95. The van der Waals surface area contributed by atoms with E-state index in [-0.39, 0.29) is 0 Å². The minimum Gasteiger partial charge on any atom is -0.349 e. The summed E-state index contributed by atoms with van der Waals surface area (Å²) in [4.78, 5) is 10.8. The highest BCUT2D eigenvalue weighted by Gasteiger charge is 2.29. The van der Waals surface area contributed by atoms with Crippen molar-refractivity contribution in [2.45, 2.75) is 38.3 Å². The van der Waals surface area contributed by atoms with Crippen LogP contribution in [0.5, 0.6) is 0 Å². The second kappa shape index (κ2) is 5.27. The second-order valence-corrected chi connectivity index (χ2v) is 5.43. The number of hydrogen-bond acceptors (Lipinski definition) is 4. The van der Waals surface area contributed by atoms with Crippen LogP contribution in [0.1, 0.15) is 26.2 Å². The van der Waals surface area contributed by atoms with Crippen LogP contribution in [0.3, 0.4) is 0 Å². The molecule has 2 unspecified atom stereocenters. The molecule has 1 aliphatic heterocycles. The minimum atomic E-state index is 0.423. The van der Waals surface area contributed by atoms with Gasteiger partial charge in [0.25, 0.3) is 0 Å². The van der Waals surface area contributed by atoms with E-state index in [4.69, 9.17) is 5.73 Å². The molecule has 0 aliphatic carbocycles. The van der Waals surface area contributed by atoms with Gasteiger partial charge in [-0.15, -0.1) is 0 Å². The van der Waals surface area contributed by atoms with E-state index in [9.17, 15) is 0 Å². The summed E-state index contributed by atoms with van der Waals surface area (Å²) in [5.41, 5.74) is 5.86. The highest BCUT2D eigenvalue weighted by atomic mass is 127. The third-order valence-electron chi connectivity index (χ3n) is 3.19. The molecule has 5 heteroatoms. The van der Waals surface area contributed by atoms with Crippen LogP contribution in [0.2, 0.25) is 0 Å². The van der Waals surface area contributed by atoms with E-state index in [1.807, 2.05) is 6.20 Å². The number of nitrogens with two attached hydrogens (primary N) is 1. The van der Waals surface area contributed by atoms with E-state index in [1.54, 1.807) is 6.33 Å². The van der Waals surface area contributed by atoms with Crippen molar-refractivity contribution in [2.24, 2.45) is 5.73 Å². The Morgan fingerprint density at radius 2 is 2.38 bits per heavy atom. The maximum absolute atomic E-state index is 5.86. The maximum atomic E-state index is 5.86. The molecular formula is C11H17IN4. The number of aromatic nitrogens is 2. The van der Waals surface area contributed by atoms with Crippen LogP contribution in [0, 0.1) is 3.57 Å². The standard InChI is InChI=1S/C11H17IN4/c1-8-3-2-4-9(5-13)16(8)11-10(12)6-14-7-15-11/h6-9H,2-5,13H2,1H3. The molecule has 2 atom stereocenters. The lowest BCUT2D eigenvalue weighted by molar-refractivity contribution is 0.397. The molecule has 1 aliphatic rings. The van der Waals surface area contributed by atoms with Gasteiger partial charge in [-0.05, 0) is 48.8 Å². The van der Waals surface area contributed by atoms with Crippen LogP contribution in [0.15, 0.2) is 12.5 Å². The first-order chi connectivity index (χ1) is 7.74. The van der Waals surface area contributed by atoms with Crippen molar-refractivity contribution in [3.8, 4) is 0 Å². The van der Waals surface area contributed by atoms with Crippen LogP contribution >= 0.6 is 22.6 Å². The van der Waals surface area contributed by atoms with Crippen molar-refractivity contribution < 1.29 is 0 Å². The van der Waals surface area contributed by atoms with Gasteiger partial charge in [0, 0.05) is 24.8 Å². The number of piperidine rings is 1. The van der Waals surface area contributed by atoms with Crippen LogP contribution in [-0.2, 0) is 0 Å². The SMILES string of the molecule is CC1CCCC(CN)N1c1ncncc1I. The number of rotatable bonds is 2. The Hall–Kier alpha value is -0.430. The van der Waals surface area contributed by atoms with Crippen LogP contribution in [0.4, 0.5) is 5.82 Å². The van der Waals surface area contributed by atoms with E-state index in [0.717, 1.165) is 9.39 Å². The number of hydrogen-bond donors (Lipinski definition) is 1. The van der Waals surface area contributed by atoms with Gasteiger partial charge in [-0.3, -0.25) is 0 Å². The predicted octanol–water partition coefficient (Wildman–Crippen LogP) is 1.79. The second-order valence-electron chi connectivity index (χ2n) is 4.27. The van der Waals surface area contributed by atoms with Gasteiger partial charge < -0.3 is 10.6 Å². The zero-order valence-electron chi connectivity index (χ0n) is 9.43. The maximum Gasteiger partial charge on any atom is 0.145 e. The molecule has 1 fully saturated rings. The van der Waals surface area contributed by atoms with Gasteiger partial charge in [0.05, 0.1) is 3.57 Å². The highest BCUT2D eigenvalue weighted by molar-refractivity contribution is 14.1. The van der Waals surface area contributed by atoms with Crippen LogP contribution in [0.25, 0.3) is 0 Å². The van der Waals surface area contributed by atoms with Gasteiger partial charge in [0.1, 0.15) is 12.1 Å². The zero-order valence-corrected chi connectivity index (χ0v) is 11.6. The average Bonchev–Trinajstić information content (AvgIpc) is 2.30. The monoisotopic (exact) mass is 332 g/mol. The summed E-state index contributed by atoms with van der Waals surface area (Å²) in [5, 5.41) is 0. The molecule has 0 saturated carbocycles. The van der Waals surface area contributed by atoms with Crippen molar-refractivity contribution in [3.05, 3.63) is 16.1 Å². The van der Waals surface area contributed by atoms with Gasteiger partial charge >= 0.3 is 0 Å². The summed E-state index contributed by atoms with van der Waals surface area (Å²) < 4.78 is 1.10. The first-order valence-corrected chi connectivity index (χ1v) is 6.75. The fraction of sp³-hybridized carbons (Fsp3) is 0.636. The van der Waals surface area contributed by atoms with E-state index in [0.29, 0.717) is 18.6 Å². The van der Waals surface area contributed by atoms with Crippen molar-refractivity contribution >= 4 is 28.4 Å². The topological polar surface area (TPSA) is 55.0 Å². The lowest BCUT2D eigenvalue weighted by atomic mass is 9.96. The lowest BCUT2D eigenvalue weighted by Crippen LogP contribution is -2.49. The Morgan fingerprint density at radius 1 is 1.56 bits per heavy atom. The smallest absolute Gasteiger partial charge is 0.145 e. The molecule has 0 bridgehead atoms. The van der Waals surface area contributed by atoms with Crippen molar-refractivity contribution in [3.63, 3.8) is 0 Å². The molecular weight excluding hydrogens is 315 g/mol. The molecule has 1 saturated heterocycles. The van der Waals surface area contributed by atoms with E-state index in [2.05, 4.69) is 44.4 Å². The van der Waals surface area contributed by atoms with E-state index in [1.165, 1.54) is 19.3 Å². The zero-order chi connectivity index (χ0) is 11.5. The molecule has 1 aromatic heterocycles. The Labute approximate surface area is 110 Å². The fourth-order valence-electron chi connectivity index (χ4n) is 2.40. The minimum absolute atomic E-state index is 0.423. The van der Waals surface area contributed by atoms with Crippen molar-refractivity contribution in [2.75, 3.05) is 11.4 Å². The van der Waals surface area contributed by atoms with Gasteiger partial charge in [0.2, 0.25) is 0 Å². The molecule has 88 valence electrons. The van der Waals surface area contributed by atoms with Gasteiger partial charge in [-0.2, -0.15) is 0 Å². The van der Waals surface area contributed by atoms with Gasteiger partial charge in [-0.25, -0.2) is 9.97 Å². The Kier molecular flexibility index (Phi) is 3.96. The predicted molar refractivity (Wildman–Crippen MR) is 73.4 cm³/mol. The van der Waals surface area contributed by atoms with Crippen LogP contribution in [-0.4, -0.2) is 28.6 Å². The molecule has 1 aromatic rings. The molecule has 4 nitrogen and oxygen atoms in total. The molecule has 16 heavy (non-hydrogen) atoms. The Balaban J connectivity index is 2.32. The lowest BCUT2D eigenvalue weighted by Gasteiger charge is -2.41. The third kappa shape index (κ3) is 2.29. The first kappa shape index (κ1) is 12.0. The summed E-state index contributed by atoms with van der Waals surface area (Å²) in [6, 6.07) is 0.942. The summed E-state index contributed by atoms with van der Waals surface area (Å²) >= 11 is 2.29. The van der Waals surface area contributed by atoms with Crippen molar-refractivity contribution in [1.82, 2.24) is 9.97 Å². The summed E-state index contributed by atoms with van der Waals surface area (Å²) in [6.07, 6.45) is 7.13. The molecule has 0 radical (unpaired) electrons. The third-order valence-corrected chi connectivity index (χ3v) is 3.95. The largest absolute Gasteiger partial charge is 0.349 e. The molecule has 0 amide bonds. The first-order valence-electron chi connectivity index (χ1n) is 5.68. The number of halogens is 1. The molecule has 2 rings (SSSR count). The summed E-state index contributed by atoms with van der Waals surface area (Å²) in [5.74, 6) is 1.04. The average molecular weight is 332 g/mol. The molecule has 0 aromatic carbocycles. The normalized spacial score (nSPS) is 25.8. The Bertz CT molecular complexity index is 358. The number of nitrogens with zero attached hydrogens (tertiary/aromatic N) is 3. The van der Waals surface area contributed by atoms with Gasteiger partial charge in [-0.1, -0.05) is 0 Å². The Morgan fingerprint density at radius 3 is 3.06 bits per heavy atom. The highest BCUT2D eigenvalue weighted by Crippen LogP contribution is 2.29. The van der Waals surface area contributed by atoms with E-state index < -0.39 is 0 Å².